The highest BCUT2D eigenvalue weighted by Gasteiger charge is 2.25. The number of carbonyl (C=O) groups excluding carboxylic acids is 1. The monoisotopic (exact) mass is 277 g/mol. The van der Waals surface area contributed by atoms with Crippen molar-refractivity contribution in [2.45, 2.75) is 18.9 Å². The lowest BCUT2D eigenvalue weighted by Gasteiger charge is -1.99. The summed E-state index contributed by atoms with van der Waals surface area (Å²) in [5, 5.41) is 9.33. The number of hydrogen-bond donors (Lipinski definition) is 2. The highest BCUT2D eigenvalue weighted by Crippen LogP contribution is 2.19. The number of aromatic amines is 1. The number of H-pyrrole nitrogens is 1. The summed E-state index contributed by atoms with van der Waals surface area (Å²) in [5.41, 5.74) is 0.572. The third kappa shape index (κ3) is 1.60. The third-order valence-electron chi connectivity index (χ3n) is 1.73. The van der Waals surface area contributed by atoms with Crippen LogP contribution in [0.1, 0.15) is 23.3 Å². The van der Waals surface area contributed by atoms with E-state index in [2.05, 4.69) is 38.1 Å². The normalized spacial score (nSPS) is 16.1. The molecule has 1 saturated carbocycles. The molecule has 0 saturated heterocycles. The van der Waals surface area contributed by atoms with E-state index in [9.17, 15) is 4.79 Å². The first-order valence-electron chi connectivity index (χ1n) is 3.77. The van der Waals surface area contributed by atoms with Crippen molar-refractivity contribution in [1.82, 2.24) is 15.5 Å². The quantitative estimate of drug-likeness (QED) is 0.789. The molecule has 1 fully saturated rings. The van der Waals surface area contributed by atoms with Crippen LogP contribution in [-0.4, -0.2) is 22.1 Å². The summed E-state index contributed by atoms with van der Waals surface area (Å²) in [5.74, 6) is -0.0422. The molecule has 0 unspecified atom stereocenters. The number of halogens is 1. The van der Waals surface area contributed by atoms with Crippen LogP contribution < -0.4 is 5.32 Å². The second kappa shape index (κ2) is 3.04. The van der Waals surface area contributed by atoms with Crippen LogP contribution in [-0.2, 0) is 0 Å². The second-order valence-electron chi connectivity index (χ2n) is 2.84. The van der Waals surface area contributed by atoms with Crippen molar-refractivity contribution in [2.24, 2.45) is 0 Å². The SMILES string of the molecule is O=C(NC1CC1)c1[nH]ncc1I. The molecule has 0 bridgehead atoms. The minimum atomic E-state index is -0.0422. The van der Waals surface area contributed by atoms with Gasteiger partial charge in [0.05, 0.1) is 9.77 Å². The molecule has 0 radical (unpaired) electrons. The molecule has 4 nitrogen and oxygen atoms in total. The summed E-state index contributed by atoms with van der Waals surface area (Å²) in [4.78, 5) is 11.4. The van der Waals surface area contributed by atoms with E-state index in [1.807, 2.05) is 0 Å². The predicted octanol–water partition coefficient (Wildman–Crippen LogP) is 0.906. The van der Waals surface area contributed by atoms with E-state index in [4.69, 9.17) is 0 Å². The number of hydrogen-bond acceptors (Lipinski definition) is 2. The van der Waals surface area contributed by atoms with Crippen LogP contribution in [0.4, 0.5) is 0 Å². The van der Waals surface area contributed by atoms with Crippen LogP contribution in [0.2, 0.25) is 0 Å². The average Bonchev–Trinajstić information content (AvgIpc) is 2.72. The fourth-order valence-electron chi connectivity index (χ4n) is 0.916. The second-order valence-corrected chi connectivity index (χ2v) is 4.00. The summed E-state index contributed by atoms with van der Waals surface area (Å²) >= 11 is 2.08. The molecule has 12 heavy (non-hydrogen) atoms. The first kappa shape index (κ1) is 8.03. The maximum absolute atomic E-state index is 11.4. The Bertz CT molecular complexity index is 305. The number of carbonyl (C=O) groups is 1. The van der Waals surface area contributed by atoms with E-state index in [0.29, 0.717) is 11.7 Å². The van der Waals surface area contributed by atoms with E-state index < -0.39 is 0 Å². The third-order valence-corrected chi connectivity index (χ3v) is 2.55. The fraction of sp³-hybridized carbons (Fsp3) is 0.429. The molecule has 0 aliphatic heterocycles. The van der Waals surface area contributed by atoms with E-state index >= 15 is 0 Å². The lowest BCUT2D eigenvalue weighted by atomic mass is 10.4. The molecule has 2 rings (SSSR count). The Morgan fingerprint density at radius 1 is 1.75 bits per heavy atom. The molecular weight excluding hydrogens is 269 g/mol. The zero-order valence-electron chi connectivity index (χ0n) is 6.30. The molecular formula is C7H8IN3O. The summed E-state index contributed by atoms with van der Waals surface area (Å²) in [6.07, 6.45) is 3.86. The molecule has 1 aliphatic carbocycles. The molecule has 64 valence electrons. The van der Waals surface area contributed by atoms with Crippen LogP contribution in [0, 0.1) is 3.57 Å². The Kier molecular flexibility index (Phi) is 2.03. The van der Waals surface area contributed by atoms with Crippen molar-refractivity contribution in [2.75, 3.05) is 0 Å². The van der Waals surface area contributed by atoms with Gasteiger partial charge in [-0.15, -0.1) is 0 Å². The largest absolute Gasteiger partial charge is 0.348 e. The van der Waals surface area contributed by atoms with E-state index in [0.717, 1.165) is 16.4 Å². The van der Waals surface area contributed by atoms with Gasteiger partial charge in [-0.2, -0.15) is 5.10 Å². The Morgan fingerprint density at radius 3 is 3.00 bits per heavy atom. The van der Waals surface area contributed by atoms with Gasteiger partial charge in [-0.3, -0.25) is 9.89 Å². The van der Waals surface area contributed by atoms with Gasteiger partial charge < -0.3 is 5.32 Å². The Balaban J connectivity index is 2.07. The highest BCUT2D eigenvalue weighted by molar-refractivity contribution is 14.1. The van der Waals surface area contributed by atoms with Gasteiger partial charge in [0.1, 0.15) is 5.69 Å². The standard InChI is InChI=1S/C7H8IN3O/c8-5-3-9-11-6(5)7(12)10-4-1-2-4/h3-4H,1-2H2,(H,9,11)(H,10,12). The summed E-state index contributed by atoms with van der Waals surface area (Å²) in [7, 11) is 0. The van der Waals surface area contributed by atoms with Crippen molar-refractivity contribution in [3.63, 3.8) is 0 Å². The molecule has 1 aromatic rings. The number of nitrogens with one attached hydrogen (secondary N) is 2. The number of aromatic nitrogens is 2. The summed E-state index contributed by atoms with van der Waals surface area (Å²) < 4.78 is 0.866. The Labute approximate surface area is 83.3 Å². The lowest BCUT2D eigenvalue weighted by molar-refractivity contribution is 0.0945. The van der Waals surface area contributed by atoms with Crippen molar-refractivity contribution >= 4 is 28.5 Å². The van der Waals surface area contributed by atoms with Crippen LogP contribution in [0.5, 0.6) is 0 Å². The molecule has 2 N–H and O–H groups in total. The van der Waals surface area contributed by atoms with Crippen LogP contribution in [0.3, 0.4) is 0 Å². The molecule has 1 aromatic heterocycles. The summed E-state index contributed by atoms with van der Waals surface area (Å²) in [6, 6.07) is 0.400. The van der Waals surface area contributed by atoms with Crippen molar-refractivity contribution in [3.8, 4) is 0 Å². The smallest absolute Gasteiger partial charge is 0.270 e. The minimum Gasteiger partial charge on any atom is -0.348 e. The Morgan fingerprint density at radius 2 is 2.50 bits per heavy atom. The van der Waals surface area contributed by atoms with Gasteiger partial charge in [-0.05, 0) is 35.4 Å². The molecule has 0 aromatic carbocycles. The summed E-state index contributed by atoms with van der Waals surface area (Å²) in [6.45, 7) is 0. The van der Waals surface area contributed by atoms with Gasteiger partial charge >= 0.3 is 0 Å². The van der Waals surface area contributed by atoms with Gasteiger partial charge in [0, 0.05) is 6.04 Å². The molecule has 0 spiro atoms. The average molecular weight is 277 g/mol. The van der Waals surface area contributed by atoms with Gasteiger partial charge in [-0.25, -0.2) is 0 Å². The zero-order valence-corrected chi connectivity index (χ0v) is 8.46. The van der Waals surface area contributed by atoms with Gasteiger partial charge in [0.2, 0.25) is 0 Å². The van der Waals surface area contributed by atoms with E-state index in [1.54, 1.807) is 6.20 Å². The van der Waals surface area contributed by atoms with E-state index in [1.165, 1.54) is 0 Å². The van der Waals surface area contributed by atoms with Gasteiger partial charge in [0.25, 0.3) is 5.91 Å². The lowest BCUT2D eigenvalue weighted by Crippen LogP contribution is -2.26. The van der Waals surface area contributed by atoms with Crippen LogP contribution >= 0.6 is 22.6 Å². The zero-order chi connectivity index (χ0) is 8.55. The first-order chi connectivity index (χ1) is 5.77. The van der Waals surface area contributed by atoms with E-state index in [-0.39, 0.29) is 5.91 Å². The van der Waals surface area contributed by atoms with Gasteiger partial charge in [-0.1, -0.05) is 0 Å². The maximum Gasteiger partial charge on any atom is 0.270 e. The first-order valence-corrected chi connectivity index (χ1v) is 4.85. The van der Waals surface area contributed by atoms with Crippen LogP contribution in [0.15, 0.2) is 6.20 Å². The highest BCUT2D eigenvalue weighted by atomic mass is 127. The number of rotatable bonds is 2. The number of amides is 1. The van der Waals surface area contributed by atoms with Crippen molar-refractivity contribution in [1.29, 1.82) is 0 Å². The molecule has 0 atom stereocenters. The Hall–Kier alpha value is -0.590. The number of nitrogens with zero attached hydrogens (tertiary/aromatic N) is 1. The van der Waals surface area contributed by atoms with Crippen LogP contribution in [0.25, 0.3) is 0 Å². The fourth-order valence-corrected chi connectivity index (χ4v) is 1.42. The van der Waals surface area contributed by atoms with Crippen molar-refractivity contribution in [3.05, 3.63) is 15.5 Å². The molecule has 1 heterocycles. The maximum atomic E-state index is 11.4. The minimum absolute atomic E-state index is 0.0422. The van der Waals surface area contributed by atoms with Gasteiger partial charge in [0.15, 0.2) is 0 Å². The molecule has 5 heteroatoms. The molecule has 1 aliphatic rings. The molecule has 1 amide bonds. The topological polar surface area (TPSA) is 57.8 Å². The van der Waals surface area contributed by atoms with Crippen molar-refractivity contribution < 1.29 is 4.79 Å². The predicted molar refractivity (Wildman–Crippen MR) is 51.8 cm³/mol.